The van der Waals surface area contributed by atoms with Crippen LogP contribution in [0.1, 0.15) is 19.4 Å². The van der Waals surface area contributed by atoms with E-state index in [0.29, 0.717) is 13.1 Å². The summed E-state index contributed by atoms with van der Waals surface area (Å²) in [6.45, 7) is 6.59. The number of carbonyl (C=O) groups excluding carboxylic acids is 1. The molecule has 2 unspecified atom stereocenters. The van der Waals surface area contributed by atoms with Crippen LogP contribution >= 0.6 is 0 Å². The first-order valence-electron chi connectivity index (χ1n) is 8.40. The molecule has 5 heteroatoms. The Kier molecular flexibility index (Phi) is 4.35. The molecule has 1 aromatic rings. The third-order valence-electron chi connectivity index (χ3n) is 5.26. The molecular weight excluding hydrogens is 304 g/mol. The number of hydrogen-bond donors (Lipinski definition) is 1. The Morgan fingerprint density at radius 3 is 2.25 bits per heavy atom. The highest BCUT2D eigenvalue weighted by molar-refractivity contribution is 5.91. The van der Waals surface area contributed by atoms with Crippen LogP contribution in [-0.2, 0) is 9.59 Å². The lowest BCUT2D eigenvalue weighted by molar-refractivity contribution is -0.142. The summed E-state index contributed by atoms with van der Waals surface area (Å²) in [5.74, 6) is -1.77. The normalized spacial score (nSPS) is 25.8. The van der Waals surface area contributed by atoms with E-state index < -0.39 is 17.3 Å². The fourth-order valence-electron chi connectivity index (χ4n) is 3.60. The van der Waals surface area contributed by atoms with Crippen LogP contribution in [0.15, 0.2) is 36.5 Å². The third kappa shape index (κ3) is 3.16. The van der Waals surface area contributed by atoms with Crippen molar-refractivity contribution in [3.05, 3.63) is 42.1 Å². The number of benzene rings is 1. The van der Waals surface area contributed by atoms with Gasteiger partial charge in [0.15, 0.2) is 0 Å². The summed E-state index contributed by atoms with van der Waals surface area (Å²) in [6.07, 6.45) is 4.14. The predicted molar refractivity (Wildman–Crippen MR) is 92.0 cm³/mol. The largest absolute Gasteiger partial charge is 0.481 e. The molecule has 5 nitrogen and oxygen atoms in total. The molecule has 0 aromatic heterocycles. The first-order chi connectivity index (χ1) is 11.4. The molecule has 1 aliphatic carbocycles. The number of carbonyl (C=O) groups is 2. The summed E-state index contributed by atoms with van der Waals surface area (Å²) in [6, 6.07) is 10.1. The number of carboxylic acids is 1. The van der Waals surface area contributed by atoms with Crippen molar-refractivity contribution in [3.63, 3.8) is 0 Å². The highest BCUT2D eigenvalue weighted by Gasteiger charge is 2.66. The number of rotatable bonds is 4. The van der Waals surface area contributed by atoms with E-state index in [2.05, 4.69) is 29.3 Å². The van der Waals surface area contributed by atoms with E-state index in [1.807, 2.05) is 36.9 Å². The Bertz CT molecular complexity index is 646. The number of nitrogens with zero attached hydrogens (tertiary/aromatic N) is 2. The van der Waals surface area contributed by atoms with Gasteiger partial charge in [0, 0.05) is 26.2 Å². The molecular formula is C19H24N2O3. The topological polar surface area (TPSA) is 60.9 Å². The minimum atomic E-state index is -0.859. The van der Waals surface area contributed by atoms with Gasteiger partial charge >= 0.3 is 5.97 Å². The average molecular weight is 328 g/mol. The lowest BCUT2D eigenvalue weighted by atomic mass is 10.1. The Morgan fingerprint density at radius 2 is 1.71 bits per heavy atom. The van der Waals surface area contributed by atoms with E-state index in [0.717, 1.165) is 18.7 Å². The highest BCUT2D eigenvalue weighted by Crippen LogP contribution is 2.59. The summed E-state index contributed by atoms with van der Waals surface area (Å²) in [4.78, 5) is 27.9. The Hall–Kier alpha value is -2.30. The molecule has 1 saturated carbocycles. The van der Waals surface area contributed by atoms with Crippen molar-refractivity contribution in [1.82, 2.24) is 9.80 Å². The van der Waals surface area contributed by atoms with Gasteiger partial charge in [0.1, 0.15) is 0 Å². The third-order valence-corrected chi connectivity index (χ3v) is 5.26. The van der Waals surface area contributed by atoms with Crippen molar-refractivity contribution in [3.8, 4) is 0 Å². The van der Waals surface area contributed by atoms with Gasteiger partial charge in [-0.15, -0.1) is 0 Å². The molecule has 128 valence electrons. The Morgan fingerprint density at radius 1 is 1.08 bits per heavy atom. The van der Waals surface area contributed by atoms with Crippen LogP contribution in [0.2, 0.25) is 0 Å². The van der Waals surface area contributed by atoms with Crippen molar-refractivity contribution in [2.45, 2.75) is 13.8 Å². The summed E-state index contributed by atoms with van der Waals surface area (Å²) in [5.41, 5.74) is 0.729. The maximum Gasteiger partial charge on any atom is 0.307 e. The van der Waals surface area contributed by atoms with Crippen LogP contribution < -0.4 is 0 Å². The van der Waals surface area contributed by atoms with Gasteiger partial charge in [-0.1, -0.05) is 44.2 Å². The second kappa shape index (κ2) is 6.30. The first-order valence-corrected chi connectivity index (χ1v) is 8.40. The van der Waals surface area contributed by atoms with E-state index >= 15 is 0 Å². The van der Waals surface area contributed by atoms with E-state index in [-0.39, 0.29) is 11.8 Å². The first kappa shape index (κ1) is 16.6. The minimum absolute atomic E-state index is 0.000844. The van der Waals surface area contributed by atoms with Crippen LogP contribution in [0.3, 0.4) is 0 Å². The van der Waals surface area contributed by atoms with Crippen molar-refractivity contribution in [2.75, 3.05) is 26.2 Å². The average Bonchev–Trinajstić information content (AvgIpc) is 3.16. The van der Waals surface area contributed by atoms with Crippen LogP contribution in [-0.4, -0.2) is 53.0 Å². The molecule has 3 rings (SSSR count). The Balaban J connectivity index is 1.53. The maximum atomic E-state index is 12.6. The van der Waals surface area contributed by atoms with E-state index in [1.165, 1.54) is 0 Å². The maximum absolute atomic E-state index is 12.6. The smallest absolute Gasteiger partial charge is 0.307 e. The molecule has 0 bridgehead atoms. The molecule has 1 aliphatic heterocycles. The molecule has 1 N–H and O–H groups in total. The van der Waals surface area contributed by atoms with Crippen molar-refractivity contribution >= 4 is 18.0 Å². The SMILES string of the molecule is CC1(C)C(C(=O)O)C1C(=O)N1CCN(C=Cc2ccccc2)CC1. The molecule has 1 saturated heterocycles. The number of piperazine rings is 1. The van der Waals surface area contributed by atoms with Gasteiger partial charge in [0.2, 0.25) is 5.91 Å². The van der Waals surface area contributed by atoms with Crippen LogP contribution in [0.25, 0.3) is 6.08 Å². The summed E-state index contributed by atoms with van der Waals surface area (Å²) >= 11 is 0. The lowest BCUT2D eigenvalue weighted by Crippen LogP contribution is -2.47. The zero-order chi connectivity index (χ0) is 17.3. The van der Waals surface area contributed by atoms with Crippen molar-refractivity contribution in [2.24, 2.45) is 17.3 Å². The number of amides is 1. The monoisotopic (exact) mass is 328 g/mol. The Labute approximate surface area is 142 Å². The zero-order valence-corrected chi connectivity index (χ0v) is 14.2. The molecule has 1 aromatic carbocycles. The van der Waals surface area contributed by atoms with Gasteiger partial charge in [-0.25, -0.2) is 0 Å². The van der Waals surface area contributed by atoms with E-state index in [4.69, 9.17) is 0 Å². The quantitative estimate of drug-likeness (QED) is 0.920. The zero-order valence-electron chi connectivity index (χ0n) is 14.2. The molecule has 2 aliphatic rings. The fraction of sp³-hybridized carbons (Fsp3) is 0.474. The van der Waals surface area contributed by atoms with Gasteiger partial charge in [0.25, 0.3) is 0 Å². The molecule has 0 radical (unpaired) electrons. The van der Waals surface area contributed by atoms with Crippen LogP contribution in [0.4, 0.5) is 0 Å². The van der Waals surface area contributed by atoms with Gasteiger partial charge in [-0.3, -0.25) is 9.59 Å². The van der Waals surface area contributed by atoms with Crippen molar-refractivity contribution < 1.29 is 14.7 Å². The molecule has 1 amide bonds. The predicted octanol–water partition coefficient (Wildman–Crippen LogP) is 2.16. The van der Waals surface area contributed by atoms with Crippen molar-refractivity contribution in [1.29, 1.82) is 0 Å². The molecule has 1 heterocycles. The lowest BCUT2D eigenvalue weighted by Gasteiger charge is -2.34. The molecule has 0 spiro atoms. The van der Waals surface area contributed by atoms with E-state index in [9.17, 15) is 14.7 Å². The number of carboxylic acid groups (broad SMARTS) is 1. The van der Waals surface area contributed by atoms with Crippen LogP contribution in [0, 0.1) is 17.3 Å². The van der Waals surface area contributed by atoms with E-state index in [1.54, 1.807) is 0 Å². The number of hydrogen-bond acceptors (Lipinski definition) is 3. The summed E-state index contributed by atoms with van der Waals surface area (Å²) in [5, 5.41) is 9.24. The fourth-order valence-corrected chi connectivity index (χ4v) is 3.60. The highest BCUT2D eigenvalue weighted by atomic mass is 16.4. The molecule has 2 fully saturated rings. The second-order valence-corrected chi connectivity index (χ2v) is 7.20. The number of aliphatic carboxylic acids is 1. The van der Waals surface area contributed by atoms with Gasteiger partial charge in [-0.2, -0.15) is 0 Å². The molecule has 24 heavy (non-hydrogen) atoms. The van der Waals surface area contributed by atoms with Crippen LogP contribution in [0.5, 0.6) is 0 Å². The molecule has 2 atom stereocenters. The summed E-state index contributed by atoms with van der Waals surface area (Å²) < 4.78 is 0. The second-order valence-electron chi connectivity index (χ2n) is 7.20. The minimum Gasteiger partial charge on any atom is -0.481 e. The van der Waals surface area contributed by atoms with Gasteiger partial charge in [0.05, 0.1) is 11.8 Å². The summed E-state index contributed by atoms with van der Waals surface area (Å²) in [7, 11) is 0. The van der Waals surface area contributed by atoms with Gasteiger partial charge < -0.3 is 14.9 Å². The van der Waals surface area contributed by atoms with Gasteiger partial charge in [-0.05, 0) is 23.3 Å². The standard InChI is InChI=1S/C19H24N2O3/c1-19(2)15(16(19)18(23)24)17(22)21-12-10-20(11-13-21)9-8-14-6-4-3-5-7-14/h3-9,15-16H,10-13H2,1-2H3,(H,23,24).